The average molecular weight is 379 g/mol. The molecule has 1 aliphatic rings. The van der Waals surface area contributed by atoms with Gasteiger partial charge < -0.3 is 20.8 Å². The molecule has 1 aromatic carbocycles. The highest BCUT2D eigenvalue weighted by atomic mass is 16.4. The summed E-state index contributed by atoms with van der Waals surface area (Å²) in [4.78, 5) is 20.2. The molecule has 3 aromatic rings. The zero-order valence-corrected chi connectivity index (χ0v) is 15.5. The van der Waals surface area contributed by atoms with Crippen molar-refractivity contribution in [2.45, 2.75) is 25.3 Å². The van der Waals surface area contributed by atoms with Gasteiger partial charge in [0.1, 0.15) is 0 Å². The number of rotatable bonds is 5. The van der Waals surface area contributed by atoms with Crippen molar-refractivity contribution in [1.82, 2.24) is 30.8 Å². The van der Waals surface area contributed by atoms with E-state index in [1.54, 1.807) is 6.20 Å². The SMILES string of the molecule is CNCc1ccc(-c2nnc(-c3nc(C4CCC(=O)NC4)cnc3N)o2)cc1. The summed E-state index contributed by atoms with van der Waals surface area (Å²) in [5.41, 5.74) is 9.08. The van der Waals surface area contributed by atoms with Crippen LogP contribution in [-0.4, -0.2) is 39.7 Å². The first-order valence-electron chi connectivity index (χ1n) is 9.11. The van der Waals surface area contributed by atoms with Crippen LogP contribution in [0.4, 0.5) is 5.82 Å². The molecule has 28 heavy (non-hydrogen) atoms. The smallest absolute Gasteiger partial charge is 0.270 e. The molecule has 4 N–H and O–H groups in total. The first-order chi connectivity index (χ1) is 13.6. The Bertz CT molecular complexity index is 974. The van der Waals surface area contributed by atoms with Crippen LogP contribution in [0.3, 0.4) is 0 Å². The lowest BCUT2D eigenvalue weighted by Gasteiger charge is -2.21. The van der Waals surface area contributed by atoms with Crippen LogP contribution in [0, 0.1) is 0 Å². The number of piperidine rings is 1. The van der Waals surface area contributed by atoms with Crippen molar-refractivity contribution >= 4 is 11.7 Å². The average Bonchev–Trinajstić information content (AvgIpc) is 3.20. The van der Waals surface area contributed by atoms with E-state index in [0.717, 1.165) is 29.8 Å². The summed E-state index contributed by atoms with van der Waals surface area (Å²) in [5.74, 6) is 0.987. The maximum Gasteiger partial charge on any atom is 0.270 e. The number of nitrogen functional groups attached to an aromatic ring is 1. The third-order valence-electron chi connectivity index (χ3n) is 4.71. The van der Waals surface area contributed by atoms with Crippen molar-refractivity contribution in [2.75, 3.05) is 19.3 Å². The van der Waals surface area contributed by atoms with E-state index in [0.29, 0.717) is 24.6 Å². The molecule has 0 bridgehead atoms. The summed E-state index contributed by atoms with van der Waals surface area (Å²) in [5, 5.41) is 14.2. The van der Waals surface area contributed by atoms with Crippen molar-refractivity contribution in [2.24, 2.45) is 0 Å². The highest BCUT2D eigenvalue weighted by Crippen LogP contribution is 2.28. The fourth-order valence-corrected chi connectivity index (χ4v) is 3.16. The lowest BCUT2D eigenvalue weighted by atomic mass is 9.96. The van der Waals surface area contributed by atoms with Crippen molar-refractivity contribution in [3.63, 3.8) is 0 Å². The number of hydrogen-bond donors (Lipinski definition) is 3. The second kappa shape index (κ2) is 7.73. The number of aromatic nitrogens is 4. The number of hydrogen-bond acceptors (Lipinski definition) is 8. The lowest BCUT2D eigenvalue weighted by molar-refractivity contribution is -0.122. The van der Waals surface area contributed by atoms with E-state index in [9.17, 15) is 4.79 Å². The molecule has 0 aliphatic carbocycles. The Kier molecular flexibility index (Phi) is 4.98. The molecule has 1 fully saturated rings. The van der Waals surface area contributed by atoms with E-state index in [-0.39, 0.29) is 23.5 Å². The summed E-state index contributed by atoms with van der Waals surface area (Å²) in [6.45, 7) is 1.32. The molecule has 2 aromatic heterocycles. The van der Waals surface area contributed by atoms with Crippen molar-refractivity contribution in [3.8, 4) is 23.0 Å². The Morgan fingerprint density at radius 1 is 1.25 bits per heavy atom. The fraction of sp³-hybridized carbons (Fsp3) is 0.316. The molecule has 1 unspecified atom stereocenters. The zero-order chi connectivity index (χ0) is 19.5. The van der Waals surface area contributed by atoms with Gasteiger partial charge in [-0.05, 0) is 31.2 Å². The van der Waals surface area contributed by atoms with E-state index in [2.05, 4.69) is 30.8 Å². The number of anilines is 1. The van der Waals surface area contributed by atoms with Crippen LogP contribution in [0.1, 0.15) is 30.0 Å². The Morgan fingerprint density at radius 2 is 2.04 bits per heavy atom. The maximum atomic E-state index is 11.4. The van der Waals surface area contributed by atoms with Gasteiger partial charge in [0.05, 0.1) is 11.9 Å². The van der Waals surface area contributed by atoms with Gasteiger partial charge in [0.25, 0.3) is 5.89 Å². The molecule has 3 heterocycles. The number of benzene rings is 1. The summed E-state index contributed by atoms with van der Waals surface area (Å²) >= 11 is 0. The minimum Gasteiger partial charge on any atom is -0.414 e. The molecule has 9 nitrogen and oxygen atoms in total. The second-order valence-corrected chi connectivity index (χ2v) is 6.71. The van der Waals surface area contributed by atoms with Gasteiger partial charge in [-0.25, -0.2) is 9.97 Å². The molecule has 0 spiro atoms. The monoisotopic (exact) mass is 379 g/mol. The Morgan fingerprint density at radius 3 is 2.75 bits per heavy atom. The number of nitrogens with two attached hydrogens (primary N) is 1. The summed E-state index contributed by atoms with van der Waals surface area (Å²) in [6, 6.07) is 7.87. The zero-order valence-electron chi connectivity index (χ0n) is 15.5. The number of carbonyl (C=O) groups is 1. The molecular formula is C19H21N7O2. The normalized spacial score (nSPS) is 16.8. The quantitative estimate of drug-likeness (QED) is 0.607. The van der Waals surface area contributed by atoms with Crippen LogP contribution in [0.15, 0.2) is 34.9 Å². The molecule has 0 radical (unpaired) electrons. The second-order valence-electron chi connectivity index (χ2n) is 6.71. The Labute approximate surface area is 161 Å². The van der Waals surface area contributed by atoms with Gasteiger partial charge in [-0.1, -0.05) is 12.1 Å². The largest absolute Gasteiger partial charge is 0.414 e. The van der Waals surface area contributed by atoms with Crippen LogP contribution in [-0.2, 0) is 11.3 Å². The van der Waals surface area contributed by atoms with Crippen LogP contribution >= 0.6 is 0 Å². The number of carbonyl (C=O) groups excluding carboxylic acids is 1. The molecule has 4 rings (SSSR count). The highest BCUT2D eigenvalue weighted by Gasteiger charge is 2.23. The topological polar surface area (TPSA) is 132 Å². The maximum absolute atomic E-state index is 11.4. The van der Waals surface area contributed by atoms with Crippen molar-refractivity contribution in [3.05, 3.63) is 41.7 Å². The summed E-state index contributed by atoms with van der Waals surface area (Å²) in [6.07, 6.45) is 2.83. The third-order valence-corrected chi connectivity index (χ3v) is 4.71. The van der Waals surface area contributed by atoms with Gasteiger partial charge in [0.15, 0.2) is 11.5 Å². The molecule has 144 valence electrons. The molecule has 1 amide bonds. The standard InChI is InChI=1S/C19H21N7O2/c1-21-8-11-2-4-12(5-3-11)18-25-26-19(28-18)16-17(20)23-10-14(24-16)13-6-7-15(27)22-9-13/h2-5,10,13,21H,6-9H2,1H3,(H2,20,23)(H,22,27). The van der Waals surface area contributed by atoms with E-state index in [1.165, 1.54) is 0 Å². The van der Waals surface area contributed by atoms with Gasteiger partial charge in [-0.2, -0.15) is 0 Å². The van der Waals surface area contributed by atoms with Gasteiger partial charge in [0, 0.05) is 31.0 Å². The summed E-state index contributed by atoms with van der Waals surface area (Å²) < 4.78 is 5.81. The van der Waals surface area contributed by atoms with E-state index >= 15 is 0 Å². The third kappa shape index (κ3) is 3.70. The first-order valence-corrected chi connectivity index (χ1v) is 9.11. The van der Waals surface area contributed by atoms with Crippen LogP contribution in [0.25, 0.3) is 23.0 Å². The van der Waals surface area contributed by atoms with Crippen molar-refractivity contribution in [1.29, 1.82) is 0 Å². The van der Waals surface area contributed by atoms with E-state index < -0.39 is 0 Å². The van der Waals surface area contributed by atoms with Crippen LogP contribution in [0.2, 0.25) is 0 Å². The van der Waals surface area contributed by atoms with Gasteiger partial charge in [0.2, 0.25) is 11.8 Å². The lowest BCUT2D eigenvalue weighted by Crippen LogP contribution is -2.34. The molecule has 1 saturated heterocycles. The molecule has 1 aliphatic heterocycles. The molecular weight excluding hydrogens is 358 g/mol. The predicted molar refractivity (Wildman–Crippen MR) is 103 cm³/mol. The number of nitrogens with one attached hydrogen (secondary N) is 2. The molecule has 1 atom stereocenters. The molecule has 0 saturated carbocycles. The van der Waals surface area contributed by atoms with Gasteiger partial charge >= 0.3 is 0 Å². The van der Waals surface area contributed by atoms with E-state index in [1.807, 2.05) is 31.3 Å². The van der Waals surface area contributed by atoms with Crippen LogP contribution in [0.5, 0.6) is 0 Å². The Balaban J connectivity index is 1.59. The minimum absolute atomic E-state index is 0.0576. The fourth-order valence-electron chi connectivity index (χ4n) is 3.16. The highest BCUT2D eigenvalue weighted by molar-refractivity contribution is 5.76. The van der Waals surface area contributed by atoms with Gasteiger partial charge in [-0.3, -0.25) is 4.79 Å². The van der Waals surface area contributed by atoms with Crippen molar-refractivity contribution < 1.29 is 9.21 Å². The van der Waals surface area contributed by atoms with Crippen LogP contribution < -0.4 is 16.4 Å². The predicted octanol–water partition coefficient (Wildman–Crippen LogP) is 1.49. The van der Waals surface area contributed by atoms with E-state index in [4.69, 9.17) is 10.2 Å². The number of amides is 1. The van der Waals surface area contributed by atoms with Gasteiger partial charge in [-0.15, -0.1) is 10.2 Å². The Hall–Kier alpha value is -3.33. The first kappa shape index (κ1) is 18.1. The number of nitrogens with zero attached hydrogens (tertiary/aromatic N) is 4. The molecule has 9 heteroatoms. The summed E-state index contributed by atoms with van der Waals surface area (Å²) in [7, 11) is 1.90. The minimum atomic E-state index is 0.0576.